The van der Waals surface area contributed by atoms with Crippen LogP contribution in [0.25, 0.3) is 0 Å². The molecule has 0 amide bonds. The van der Waals surface area contributed by atoms with Gasteiger partial charge >= 0.3 is 5.97 Å². The van der Waals surface area contributed by atoms with Gasteiger partial charge in [-0.1, -0.05) is 17.7 Å². The number of ether oxygens (including phenoxy) is 1. The third kappa shape index (κ3) is 3.72. The molecule has 1 aromatic carbocycles. The van der Waals surface area contributed by atoms with Crippen LogP contribution in [-0.2, 0) is 11.2 Å². The second kappa shape index (κ2) is 5.72. The summed E-state index contributed by atoms with van der Waals surface area (Å²) in [5.41, 5.74) is 0.777. The van der Waals surface area contributed by atoms with Crippen molar-refractivity contribution in [3.8, 4) is 5.75 Å². The van der Waals surface area contributed by atoms with Gasteiger partial charge < -0.3 is 14.9 Å². The smallest absolute Gasteiger partial charge is 0.305 e. The largest absolute Gasteiger partial charge is 0.495 e. The number of carbonyl (C=O) groups is 1. The first-order valence-electron chi connectivity index (χ1n) is 4.75. The lowest BCUT2D eigenvalue weighted by molar-refractivity contribution is -0.139. The van der Waals surface area contributed by atoms with E-state index in [0.717, 1.165) is 5.56 Å². The molecule has 88 valence electrons. The molecule has 0 bridgehead atoms. The van der Waals surface area contributed by atoms with Gasteiger partial charge in [-0.05, 0) is 24.1 Å². The number of benzene rings is 1. The molecule has 1 rings (SSSR count). The Morgan fingerprint density at radius 1 is 1.56 bits per heavy atom. The summed E-state index contributed by atoms with van der Waals surface area (Å²) in [6, 6.07) is 5.09. The van der Waals surface area contributed by atoms with Crippen molar-refractivity contribution < 1.29 is 19.7 Å². The van der Waals surface area contributed by atoms with E-state index in [9.17, 15) is 9.90 Å². The van der Waals surface area contributed by atoms with E-state index in [1.165, 1.54) is 7.11 Å². The molecule has 0 spiro atoms. The van der Waals surface area contributed by atoms with Crippen LogP contribution in [0.5, 0.6) is 5.75 Å². The van der Waals surface area contributed by atoms with E-state index >= 15 is 0 Å². The number of methoxy groups -OCH3 is 1. The molecule has 1 unspecified atom stereocenters. The predicted molar refractivity (Wildman–Crippen MR) is 60.0 cm³/mol. The highest BCUT2D eigenvalue weighted by molar-refractivity contribution is 6.32. The van der Waals surface area contributed by atoms with Gasteiger partial charge in [-0.2, -0.15) is 0 Å². The van der Waals surface area contributed by atoms with Crippen molar-refractivity contribution in [3.63, 3.8) is 0 Å². The highest BCUT2D eigenvalue weighted by atomic mass is 35.5. The van der Waals surface area contributed by atoms with Crippen molar-refractivity contribution >= 4 is 17.6 Å². The van der Waals surface area contributed by atoms with E-state index in [-0.39, 0.29) is 12.8 Å². The number of carboxylic acids is 1. The van der Waals surface area contributed by atoms with Gasteiger partial charge in [-0.3, -0.25) is 4.79 Å². The van der Waals surface area contributed by atoms with Crippen molar-refractivity contribution in [2.75, 3.05) is 7.11 Å². The minimum Gasteiger partial charge on any atom is -0.495 e. The molecule has 2 N–H and O–H groups in total. The van der Waals surface area contributed by atoms with Gasteiger partial charge in [0.1, 0.15) is 5.75 Å². The minimum atomic E-state index is -1.02. The van der Waals surface area contributed by atoms with E-state index in [0.29, 0.717) is 10.8 Å². The Balaban J connectivity index is 2.67. The van der Waals surface area contributed by atoms with Crippen LogP contribution >= 0.6 is 11.6 Å². The average Bonchev–Trinajstić information content (AvgIpc) is 2.16. The molecule has 1 aromatic rings. The maximum atomic E-state index is 10.4. The maximum absolute atomic E-state index is 10.4. The van der Waals surface area contributed by atoms with Crippen molar-refractivity contribution in [1.82, 2.24) is 0 Å². The van der Waals surface area contributed by atoms with Crippen LogP contribution in [0.1, 0.15) is 12.0 Å². The molecule has 0 saturated carbocycles. The number of aliphatic hydroxyl groups excluding tert-OH is 1. The van der Waals surface area contributed by atoms with E-state index in [1.54, 1.807) is 18.2 Å². The van der Waals surface area contributed by atoms with Crippen LogP contribution in [0.2, 0.25) is 5.02 Å². The number of halogens is 1. The lowest BCUT2D eigenvalue weighted by atomic mass is 10.1. The molecule has 4 nitrogen and oxygen atoms in total. The third-order valence-electron chi connectivity index (χ3n) is 2.10. The van der Waals surface area contributed by atoms with E-state index in [4.69, 9.17) is 21.4 Å². The number of aliphatic hydroxyl groups is 1. The van der Waals surface area contributed by atoms with Crippen molar-refractivity contribution in [1.29, 1.82) is 0 Å². The molecule has 16 heavy (non-hydrogen) atoms. The van der Waals surface area contributed by atoms with Gasteiger partial charge in [0.15, 0.2) is 0 Å². The topological polar surface area (TPSA) is 66.8 Å². The van der Waals surface area contributed by atoms with Crippen LogP contribution in [-0.4, -0.2) is 29.4 Å². The van der Waals surface area contributed by atoms with E-state index in [1.807, 2.05) is 0 Å². The summed E-state index contributed by atoms with van der Waals surface area (Å²) in [7, 11) is 1.51. The summed E-state index contributed by atoms with van der Waals surface area (Å²) < 4.78 is 4.98. The Morgan fingerprint density at radius 3 is 2.75 bits per heavy atom. The number of carboxylic acid groups (broad SMARTS) is 1. The molecule has 0 radical (unpaired) electrons. The Hall–Kier alpha value is -1.26. The third-order valence-corrected chi connectivity index (χ3v) is 2.39. The van der Waals surface area contributed by atoms with Crippen LogP contribution in [0.3, 0.4) is 0 Å². The first kappa shape index (κ1) is 12.8. The van der Waals surface area contributed by atoms with Gasteiger partial charge in [-0.25, -0.2) is 0 Å². The van der Waals surface area contributed by atoms with Crippen molar-refractivity contribution in [3.05, 3.63) is 28.8 Å². The Kier molecular flexibility index (Phi) is 4.58. The normalized spacial score (nSPS) is 12.2. The zero-order chi connectivity index (χ0) is 12.1. The summed E-state index contributed by atoms with van der Waals surface area (Å²) in [6.45, 7) is 0. The fraction of sp³-hybridized carbons (Fsp3) is 0.364. The van der Waals surface area contributed by atoms with E-state index < -0.39 is 12.1 Å². The molecule has 0 aromatic heterocycles. The van der Waals surface area contributed by atoms with Crippen LogP contribution in [0.15, 0.2) is 18.2 Å². The number of hydrogen-bond donors (Lipinski definition) is 2. The lowest BCUT2D eigenvalue weighted by Crippen LogP contribution is -2.15. The van der Waals surface area contributed by atoms with Crippen LogP contribution in [0, 0.1) is 0 Å². The second-order valence-corrected chi connectivity index (χ2v) is 3.83. The Labute approximate surface area is 98.4 Å². The molecular formula is C11H13ClO4. The molecule has 0 heterocycles. The average molecular weight is 245 g/mol. The second-order valence-electron chi connectivity index (χ2n) is 3.42. The summed E-state index contributed by atoms with van der Waals surface area (Å²) in [4.78, 5) is 10.4. The van der Waals surface area contributed by atoms with Gasteiger partial charge in [0.25, 0.3) is 0 Å². The highest BCUT2D eigenvalue weighted by Crippen LogP contribution is 2.25. The minimum absolute atomic E-state index is 0.260. The Bertz CT molecular complexity index is 378. The molecule has 0 fully saturated rings. The maximum Gasteiger partial charge on any atom is 0.305 e. The summed E-state index contributed by atoms with van der Waals surface area (Å²) in [6.07, 6.45) is -0.915. The zero-order valence-corrected chi connectivity index (χ0v) is 9.57. The molecule has 0 aliphatic rings. The molecule has 0 aliphatic heterocycles. The highest BCUT2D eigenvalue weighted by Gasteiger charge is 2.11. The summed E-state index contributed by atoms with van der Waals surface area (Å²) in [5.74, 6) is -0.467. The molecule has 0 aliphatic carbocycles. The SMILES string of the molecule is COc1ccc(CC(O)CC(=O)O)cc1Cl. The predicted octanol–water partition coefficient (Wildman–Crippen LogP) is 1.73. The van der Waals surface area contributed by atoms with Crippen molar-refractivity contribution in [2.45, 2.75) is 18.9 Å². The standard InChI is InChI=1S/C11H13ClO4/c1-16-10-3-2-7(5-9(10)12)4-8(13)6-11(14)15/h2-3,5,8,13H,4,6H2,1H3,(H,14,15). The van der Waals surface area contributed by atoms with E-state index in [2.05, 4.69) is 0 Å². The van der Waals surface area contributed by atoms with Crippen LogP contribution in [0.4, 0.5) is 0 Å². The number of rotatable bonds is 5. The molecule has 5 heteroatoms. The Morgan fingerprint density at radius 2 is 2.25 bits per heavy atom. The molecule has 1 atom stereocenters. The van der Waals surface area contributed by atoms with Gasteiger partial charge in [0.2, 0.25) is 0 Å². The quantitative estimate of drug-likeness (QED) is 0.828. The fourth-order valence-corrected chi connectivity index (χ4v) is 1.66. The van der Waals surface area contributed by atoms with Gasteiger partial charge in [0.05, 0.1) is 24.7 Å². The zero-order valence-electron chi connectivity index (χ0n) is 8.81. The first-order valence-corrected chi connectivity index (χ1v) is 5.13. The number of hydrogen-bond acceptors (Lipinski definition) is 3. The fourth-order valence-electron chi connectivity index (χ4n) is 1.38. The molecule has 0 saturated heterocycles. The van der Waals surface area contributed by atoms with Gasteiger partial charge in [0, 0.05) is 0 Å². The summed E-state index contributed by atoms with van der Waals surface area (Å²) in [5, 5.41) is 18.4. The number of aliphatic carboxylic acids is 1. The van der Waals surface area contributed by atoms with Gasteiger partial charge in [-0.15, -0.1) is 0 Å². The monoisotopic (exact) mass is 244 g/mol. The van der Waals surface area contributed by atoms with Crippen LogP contribution < -0.4 is 4.74 Å². The van der Waals surface area contributed by atoms with Crippen molar-refractivity contribution in [2.24, 2.45) is 0 Å². The first-order chi connectivity index (χ1) is 7.52. The summed E-state index contributed by atoms with van der Waals surface area (Å²) >= 11 is 5.90. The molecular weight excluding hydrogens is 232 g/mol. The lowest BCUT2D eigenvalue weighted by Gasteiger charge is -2.09.